The van der Waals surface area contributed by atoms with Crippen molar-refractivity contribution in [2.45, 2.75) is 38.5 Å². The molecule has 0 radical (unpaired) electrons. The maximum atomic E-state index is 6.70. The zero-order valence-electron chi connectivity index (χ0n) is 27.6. The van der Waals surface area contributed by atoms with Gasteiger partial charge in [0.05, 0.1) is 11.1 Å². The van der Waals surface area contributed by atoms with Crippen LogP contribution in [0.25, 0.3) is 55.0 Å². The van der Waals surface area contributed by atoms with E-state index in [1.807, 2.05) is 0 Å². The Morgan fingerprint density at radius 1 is 0.458 bits per heavy atom. The molecule has 0 saturated carbocycles. The molecular formula is C46H35NO. The van der Waals surface area contributed by atoms with Crippen LogP contribution in [0.15, 0.2) is 144 Å². The fourth-order valence-electron chi connectivity index (χ4n) is 8.81. The van der Waals surface area contributed by atoms with E-state index in [9.17, 15) is 0 Å². The van der Waals surface area contributed by atoms with E-state index in [1.165, 1.54) is 49.9 Å². The fourth-order valence-corrected chi connectivity index (χ4v) is 8.81. The maximum Gasteiger partial charge on any atom is 0.143 e. The third-order valence-corrected chi connectivity index (χ3v) is 11.3. The van der Waals surface area contributed by atoms with Gasteiger partial charge in [-0.1, -0.05) is 125 Å². The first-order valence-electron chi connectivity index (χ1n) is 16.9. The number of hydrogen-bond donors (Lipinski definition) is 0. The Kier molecular flexibility index (Phi) is 5.44. The lowest BCUT2D eigenvalue weighted by molar-refractivity contribution is 0.660. The van der Waals surface area contributed by atoms with E-state index in [0.717, 1.165) is 44.4 Å². The summed E-state index contributed by atoms with van der Waals surface area (Å²) < 4.78 is 6.70. The van der Waals surface area contributed by atoms with Crippen molar-refractivity contribution in [3.8, 4) is 22.3 Å². The Labute approximate surface area is 280 Å². The van der Waals surface area contributed by atoms with Crippen LogP contribution in [0.3, 0.4) is 0 Å². The normalized spacial score (nSPS) is 15.0. The molecule has 0 N–H and O–H groups in total. The first kappa shape index (κ1) is 27.5. The maximum absolute atomic E-state index is 6.70. The summed E-state index contributed by atoms with van der Waals surface area (Å²) in [6.07, 6.45) is 0. The van der Waals surface area contributed by atoms with Gasteiger partial charge in [0.2, 0.25) is 0 Å². The van der Waals surface area contributed by atoms with Crippen molar-refractivity contribution in [3.05, 3.63) is 162 Å². The predicted octanol–water partition coefficient (Wildman–Crippen LogP) is 12.8. The van der Waals surface area contributed by atoms with Gasteiger partial charge in [-0.25, -0.2) is 0 Å². The number of benzene rings is 7. The Morgan fingerprint density at radius 2 is 1.02 bits per heavy atom. The minimum Gasteiger partial charge on any atom is -0.455 e. The first-order chi connectivity index (χ1) is 23.3. The lowest BCUT2D eigenvalue weighted by Gasteiger charge is -2.30. The zero-order chi connectivity index (χ0) is 32.4. The van der Waals surface area contributed by atoms with Crippen molar-refractivity contribution in [1.29, 1.82) is 0 Å². The summed E-state index contributed by atoms with van der Waals surface area (Å²) in [4.78, 5) is 2.46. The average Bonchev–Trinajstić information content (AvgIpc) is 3.69. The standard InChI is InChI=1S/C46H35NO/c1-45(2)37-16-9-7-14-32(37)34-24-21-29(26-39(34)45)47(30-22-25-35-33-15-8-10-17-38(33)46(3,4)40(35)27-30)41-18-11-19-42-43(41)36-23-20-28-12-5-6-13-31(28)44(36)48-42/h5-27H,1-4H3. The van der Waals surface area contributed by atoms with Crippen LogP contribution in [0, 0.1) is 0 Å². The molecule has 8 aromatic rings. The third-order valence-electron chi connectivity index (χ3n) is 11.3. The molecule has 2 heteroatoms. The molecule has 0 atom stereocenters. The highest BCUT2D eigenvalue weighted by atomic mass is 16.3. The van der Waals surface area contributed by atoms with Crippen LogP contribution < -0.4 is 4.90 Å². The SMILES string of the molecule is CC1(C)c2ccccc2-c2ccc(N(c3ccc4c(c3)C(C)(C)c3ccccc3-4)c3cccc4oc5c6ccccc6ccc5c34)cc21. The minimum atomic E-state index is -0.109. The van der Waals surface area contributed by atoms with Crippen LogP contribution in [0.2, 0.25) is 0 Å². The highest BCUT2D eigenvalue weighted by Crippen LogP contribution is 2.54. The topological polar surface area (TPSA) is 16.4 Å². The van der Waals surface area contributed by atoms with Crippen LogP contribution in [0.1, 0.15) is 49.9 Å². The van der Waals surface area contributed by atoms with Gasteiger partial charge < -0.3 is 9.32 Å². The van der Waals surface area contributed by atoms with E-state index >= 15 is 0 Å². The molecule has 0 bridgehead atoms. The van der Waals surface area contributed by atoms with E-state index in [2.05, 4.69) is 172 Å². The average molecular weight is 618 g/mol. The number of anilines is 3. The Hall–Kier alpha value is -5.60. The lowest BCUT2D eigenvalue weighted by Crippen LogP contribution is -2.18. The molecule has 1 aromatic heterocycles. The quantitative estimate of drug-likeness (QED) is 0.196. The van der Waals surface area contributed by atoms with Crippen molar-refractivity contribution in [3.63, 3.8) is 0 Å². The van der Waals surface area contributed by atoms with Crippen molar-refractivity contribution >= 4 is 49.8 Å². The Balaban J connectivity index is 1.25. The van der Waals surface area contributed by atoms with E-state index < -0.39 is 0 Å². The molecule has 1 heterocycles. The fraction of sp³-hybridized carbons (Fsp3) is 0.130. The van der Waals surface area contributed by atoms with Crippen LogP contribution in [0.4, 0.5) is 17.1 Å². The van der Waals surface area contributed by atoms with Crippen molar-refractivity contribution in [1.82, 2.24) is 0 Å². The predicted molar refractivity (Wildman–Crippen MR) is 201 cm³/mol. The zero-order valence-corrected chi connectivity index (χ0v) is 27.6. The summed E-state index contributed by atoms with van der Waals surface area (Å²) >= 11 is 0. The molecule has 0 amide bonds. The van der Waals surface area contributed by atoms with Gasteiger partial charge in [-0.2, -0.15) is 0 Å². The van der Waals surface area contributed by atoms with Crippen LogP contribution >= 0.6 is 0 Å². The van der Waals surface area contributed by atoms with E-state index in [-0.39, 0.29) is 10.8 Å². The number of nitrogens with zero attached hydrogens (tertiary/aromatic N) is 1. The molecule has 0 saturated heterocycles. The van der Waals surface area contributed by atoms with Gasteiger partial charge in [-0.05, 0) is 92.4 Å². The summed E-state index contributed by atoms with van der Waals surface area (Å²) in [6, 6.07) is 51.3. The minimum absolute atomic E-state index is 0.109. The highest BCUT2D eigenvalue weighted by Gasteiger charge is 2.38. The molecule has 10 rings (SSSR count). The molecule has 2 nitrogen and oxygen atoms in total. The third kappa shape index (κ3) is 3.58. The van der Waals surface area contributed by atoms with Crippen LogP contribution in [-0.4, -0.2) is 0 Å². The summed E-state index contributed by atoms with van der Waals surface area (Å²) in [5.74, 6) is 0. The molecule has 0 spiro atoms. The smallest absolute Gasteiger partial charge is 0.143 e. The largest absolute Gasteiger partial charge is 0.455 e. The molecule has 0 aliphatic heterocycles. The molecule has 0 fully saturated rings. The molecule has 48 heavy (non-hydrogen) atoms. The number of rotatable bonds is 3. The van der Waals surface area contributed by atoms with Crippen LogP contribution in [0.5, 0.6) is 0 Å². The second-order valence-corrected chi connectivity index (χ2v) is 14.6. The second-order valence-electron chi connectivity index (χ2n) is 14.6. The molecule has 0 unspecified atom stereocenters. The van der Waals surface area contributed by atoms with Gasteiger partial charge in [0.15, 0.2) is 0 Å². The van der Waals surface area contributed by atoms with E-state index in [0.29, 0.717) is 0 Å². The molecule has 7 aromatic carbocycles. The number of furan rings is 1. The van der Waals surface area contributed by atoms with Gasteiger partial charge >= 0.3 is 0 Å². The monoisotopic (exact) mass is 617 g/mol. The number of hydrogen-bond acceptors (Lipinski definition) is 2. The van der Waals surface area contributed by atoms with Crippen molar-refractivity contribution in [2.24, 2.45) is 0 Å². The van der Waals surface area contributed by atoms with Gasteiger partial charge in [0.25, 0.3) is 0 Å². The molecule has 2 aliphatic rings. The van der Waals surface area contributed by atoms with Gasteiger partial charge in [0, 0.05) is 33.0 Å². The molecule has 230 valence electrons. The highest BCUT2D eigenvalue weighted by molar-refractivity contribution is 6.19. The lowest BCUT2D eigenvalue weighted by atomic mass is 9.82. The van der Waals surface area contributed by atoms with E-state index in [4.69, 9.17) is 4.42 Å². The number of fused-ring (bicyclic) bond motifs is 11. The Bertz CT molecular complexity index is 2530. The van der Waals surface area contributed by atoms with E-state index in [1.54, 1.807) is 0 Å². The van der Waals surface area contributed by atoms with Crippen molar-refractivity contribution < 1.29 is 4.42 Å². The summed E-state index contributed by atoms with van der Waals surface area (Å²) in [5, 5.41) is 4.58. The van der Waals surface area contributed by atoms with Crippen molar-refractivity contribution in [2.75, 3.05) is 4.90 Å². The van der Waals surface area contributed by atoms with Crippen LogP contribution in [-0.2, 0) is 10.8 Å². The second kappa shape index (κ2) is 9.49. The molecular weight excluding hydrogens is 583 g/mol. The van der Waals surface area contributed by atoms with Gasteiger partial charge in [0.1, 0.15) is 11.2 Å². The summed E-state index contributed by atoms with van der Waals surface area (Å²) in [5.41, 5.74) is 15.8. The first-order valence-corrected chi connectivity index (χ1v) is 16.9. The van der Waals surface area contributed by atoms with Gasteiger partial charge in [-0.3, -0.25) is 0 Å². The molecule has 2 aliphatic carbocycles. The summed E-state index contributed by atoms with van der Waals surface area (Å²) in [6.45, 7) is 9.43. The van der Waals surface area contributed by atoms with Gasteiger partial charge in [-0.15, -0.1) is 0 Å². The Morgan fingerprint density at radius 3 is 1.67 bits per heavy atom. The summed E-state index contributed by atoms with van der Waals surface area (Å²) in [7, 11) is 0.